The largest absolute Gasteiger partial charge is 0.490 e. The number of hydrogen-bond acceptors (Lipinski definition) is 5. The number of para-hydroxylation sites is 2. The molecule has 2 rings (SSSR count). The van der Waals surface area contributed by atoms with Gasteiger partial charge in [-0.25, -0.2) is 0 Å². The summed E-state index contributed by atoms with van der Waals surface area (Å²) in [5.74, 6) is 0.521. The average Bonchev–Trinajstić information content (AvgIpc) is 2.65. The molecule has 0 fully saturated rings. The maximum atomic E-state index is 11.8. The van der Waals surface area contributed by atoms with Crippen LogP contribution in [-0.4, -0.2) is 31.7 Å². The Balaban J connectivity index is 1.64. The molecule has 0 heterocycles. The van der Waals surface area contributed by atoms with E-state index < -0.39 is 5.97 Å². The molecule has 144 valence electrons. The van der Waals surface area contributed by atoms with Crippen LogP contribution < -0.4 is 14.8 Å². The number of benzene rings is 2. The van der Waals surface area contributed by atoms with Crippen molar-refractivity contribution in [3.63, 3.8) is 0 Å². The molecule has 0 aromatic heterocycles. The van der Waals surface area contributed by atoms with Crippen molar-refractivity contribution in [2.45, 2.75) is 26.7 Å². The topological polar surface area (TPSA) is 73.9 Å². The van der Waals surface area contributed by atoms with E-state index in [1.807, 2.05) is 56.3 Å². The van der Waals surface area contributed by atoms with E-state index >= 15 is 0 Å². The summed E-state index contributed by atoms with van der Waals surface area (Å²) in [6, 6.07) is 14.8. The normalized spacial score (nSPS) is 10.1. The Kier molecular flexibility index (Phi) is 8.16. The van der Waals surface area contributed by atoms with Gasteiger partial charge in [-0.3, -0.25) is 9.59 Å². The minimum absolute atomic E-state index is 0.175. The summed E-state index contributed by atoms with van der Waals surface area (Å²) in [7, 11) is 0. The fourth-order valence-electron chi connectivity index (χ4n) is 2.38. The van der Waals surface area contributed by atoms with Gasteiger partial charge < -0.3 is 19.5 Å². The molecule has 0 atom stereocenters. The third kappa shape index (κ3) is 7.40. The molecule has 27 heavy (non-hydrogen) atoms. The van der Waals surface area contributed by atoms with Crippen LogP contribution in [0.5, 0.6) is 11.5 Å². The van der Waals surface area contributed by atoms with Gasteiger partial charge in [0.25, 0.3) is 5.91 Å². The first-order valence-corrected chi connectivity index (χ1v) is 8.95. The summed E-state index contributed by atoms with van der Waals surface area (Å²) in [5.41, 5.74) is 1.72. The number of esters is 1. The molecule has 6 nitrogen and oxygen atoms in total. The van der Waals surface area contributed by atoms with Crippen LogP contribution in [0, 0.1) is 6.92 Å². The molecule has 0 aliphatic carbocycles. The zero-order valence-electron chi connectivity index (χ0n) is 15.7. The van der Waals surface area contributed by atoms with Gasteiger partial charge in [0.15, 0.2) is 18.1 Å². The van der Waals surface area contributed by atoms with E-state index in [9.17, 15) is 9.59 Å². The second-order valence-corrected chi connectivity index (χ2v) is 5.91. The number of rotatable bonds is 10. The van der Waals surface area contributed by atoms with Crippen molar-refractivity contribution in [3.05, 3.63) is 54.1 Å². The SMILES string of the molecule is CCOc1ccccc1OCCCC(=O)OCC(=O)Nc1cccc(C)c1. The van der Waals surface area contributed by atoms with Gasteiger partial charge in [-0.1, -0.05) is 24.3 Å². The summed E-state index contributed by atoms with van der Waals surface area (Å²) in [6.45, 7) is 4.44. The molecule has 1 amide bonds. The maximum Gasteiger partial charge on any atom is 0.306 e. The first kappa shape index (κ1) is 20.3. The molecule has 2 aromatic rings. The molecule has 0 saturated heterocycles. The van der Waals surface area contributed by atoms with Crippen molar-refractivity contribution >= 4 is 17.6 Å². The highest BCUT2D eigenvalue weighted by atomic mass is 16.5. The number of carbonyl (C=O) groups excluding carboxylic acids is 2. The summed E-state index contributed by atoms with van der Waals surface area (Å²) < 4.78 is 16.1. The van der Waals surface area contributed by atoms with Crippen LogP contribution in [0.15, 0.2) is 48.5 Å². The van der Waals surface area contributed by atoms with E-state index in [1.54, 1.807) is 6.07 Å². The predicted octanol–water partition coefficient (Wildman–Crippen LogP) is 3.73. The maximum absolute atomic E-state index is 11.8. The Morgan fingerprint density at radius 1 is 1.00 bits per heavy atom. The minimum atomic E-state index is -0.434. The second kappa shape index (κ2) is 10.9. The molecule has 2 aromatic carbocycles. The van der Waals surface area contributed by atoms with Gasteiger partial charge in [0.1, 0.15) is 0 Å². The monoisotopic (exact) mass is 371 g/mol. The zero-order valence-corrected chi connectivity index (χ0v) is 15.7. The Morgan fingerprint density at radius 3 is 2.44 bits per heavy atom. The fourth-order valence-corrected chi connectivity index (χ4v) is 2.38. The van der Waals surface area contributed by atoms with Gasteiger partial charge in [-0.05, 0) is 50.1 Å². The van der Waals surface area contributed by atoms with Gasteiger partial charge in [0, 0.05) is 12.1 Å². The standard InChI is InChI=1S/C21H25NO5/c1-3-25-18-10-4-5-11-19(18)26-13-7-12-21(24)27-15-20(23)22-17-9-6-8-16(2)14-17/h4-6,8-11,14H,3,7,12-13,15H2,1-2H3,(H,22,23). The number of hydrogen-bond donors (Lipinski definition) is 1. The average molecular weight is 371 g/mol. The summed E-state index contributed by atoms with van der Waals surface area (Å²) in [6.07, 6.45) is 0.660. The van der Waals surface area contributed by atoms with Crippen molar-refractivity contribution < 1.29 is 23.8 Å². The summed E-state index contributed by atoms with van der Waals surface area (Å²) in [4.78, 5) is 23.6. The van der Waals surface area contributed by atoms with Crippen LogP contribution in [0.2, 0.25) is 0 Å². The summed E-state index contributed by atoms with van der Waals surface area (Å²) >= 11 is 0. The molecule has 0 bridgehead atoms. The number of ether oxygens (including phenoxy) is 3. The lowest BCUT2D eigenvalue weighted by atomic mass is 10.2. The van der Waals surface area contributed by atoms with Crippen LogP contribution >= 0.6 is 0 Å². The van der Waals surface area contributed by atoms with Crippen LogP contribution in [-0.2, 0) is 14.3 Å². The fraction of sp³-hybridized carbons (Fsp3) is 0.333. The first-order chi connectivity index (χ1) is 13.1. The highest BCUT2D eigenvalue weighted by molar-refractivity contribution is 5.92. The number of amides is 1. The van der Waals surface area contributed by atoms with E-state index in [4.69, 9.17) is 14.2 Å². The van der Waals surface area contributed by atoms with Gasteiger partial charge >= 0.3 is 5.97 Å². The lowest BCUT2D eigenvalue weighted by molar-refractivity contribution is -0.147. The van der Waals surface area contributed by atoms with E-state index in [0.717, 1.165) is 5.56 Å². The van der Waals surface area contributed by atoms with Crippen molar-refractivity contribution in [3.8, 4) is 11.5 Å². The van der Waals surface area contributed by atoms with Crippen molar-refractivity contribution in [2.24, 2.45) is 0 Å². The molecule has 0 aliphatic heterocycles. The first-order valence-electron chi connectivity index (χ1n) is 8.95. The van der Waals surface area contributed by atoms with Gasteiger partial charge in [-0.2, -0.15) is 0 Å². The minimum Gasteiger partial charge on any atom is -0.490 e. The Morgan fingerprint density at radius 2 is 1.74 bits per heavy atom. The Labute approximate surface area is 159 Å². The molecule has 0 spiro atoms. The van der Waals surface area contributed by atoms with Crippen molar-refractivity contribution in [1.29, 1.82) is 0 Å². The van der Waals surface area contributed by atoms with Gasteiger partial charge in [0.2, 0.25) is 0 Å². The number of aryl methyl sites for hydroxylation is 1. The highest BCUT2D eigenvalue weighted by Gasteiger charge is 2.09. The molecule has 0 unspecified atom stereocenters. The lowest BCUT2D eigenvalue weighted by Crippen LogP contribution is -2.21. The molecular weight excluding hydrogens is 346 g/mol. The van der Waals surface area contributed by atoms with Crippen molar-refractivity contribution in [2.75, 3.05) is 25.1 Å². The van der Waals surface area contributed by atoms with Crippen molar-refractivity contribution in [1.82, 2.24) is 0 Å². The third-order valence-electron chi connectivity index (χ3n) is 3.60. The zero-order chi connectivity index (χ0) is 19.5. The van der Waals surface area contributed by atoms with E-state index in [-0.39, 0.29) is 18.9 Å². The quantitative estimate of drug-likeness (QED) is 0.509. The van der Waals surface area contributed by atoms with Crippen LogP contribution in [0.4, 0.5) is 5.69 Å². The molecule has 1 N–H and O–H groups in total. The van der Waals surface area contributed by atoms with E-state index in [1.165, 1.54) is 0 Å². The predicted molar refractivity (Wildman–Crippen MR) is 103 cm³/mol. The molecule has 0 saturated carbocycles. The Hall–Kier alpha value is -3.02. The van der Waals surface area contributed by atoms with Gasteiger partial charge in [-0.15, -0.1) is 0 Å². The van der Waals surface area contributed by atoms with E-state index in [0.29, 0.717) is 36.8 Å². The second-order valence-electron chi connectivity index (χ2n) is 5.91. The van der Waals surface area contributed by atoms with E-state index in [2.05, 4.69) is 5.32 Å². The summed E-state index contributed by atoms with van der Waals surface area (Å²) in [5, 5.41) is 2.69. The Bertz CT molecular complexity index is 760. The number of carbonyl (C=O) groups is 2. The smallest absolute Gasteiger partial charge is 0.306 e. The van der Waals surface area contributed by atoms with Gasteiger partial charge in [0.05, 0.1) is 13.2 Å². The molecule has 6 heteroatoms. The van der Waals surface area contributed by atoms with Crippen LogP contribution in [0.25, 0.3) is 0 Å². The van der Waals surface area contributed by atoms with Crippen LogP contribution in [0.3, 0.4) is 0 Å². The lowest BCUT2D eigenvalue weighted by Gasteiger charge is -2.11. The molecule has 0 aliphatic rings. The number of nitrogens with one attached hydrogen (secondary N) is 1. The third-order valence-corrected chi connectivity index (χ3v) is 3.60. The number of anilines is 1. The van der Waals surface area contributed by atoms with Crippen LogP contribution in [0.1, 0.15) is 25.3 Å². The molecule has 0 radical (unpaired) electrons. The highest BCUT2D eigenvalue weighted by Crippen LogP contribution is 2.26. The molecular formula is C21H25NO5.